The summed E-state index contributed by atoms with van der Waals surface area (Å²) in [6.45, 7) is -0.0928. The molecule has 5 rings (SSSR count). The van der Waals surface area contributed by atoms with Crippen molar-refractivity contribution >= 4 is 22.6 Å². The standard InChI is InChI=1S/C25H18N2O6/c28-19(15-6-2-1-3-7-15)14-26-22(16-10-12-17(13-11-16)27(31)32)21-23(29)18-8-4-5-9-20(18)33-24(21)25(26)30/h1-13,19,22,28H,14H2. The first-order chi connectivity index (χ1) is 16.0. The van der Waals surface area contributed by atoms with E-state index in [0.717, 1.165) is 0 Å². The van der Waals surface area contributed by atoms with Gasteiger partial charge in [-0.05, 0) is 35.4 Å². The number of hydrogen-bond donors (Lipinski definition) is 1. The van der Waals surface area contributed by atoms with Gasteiger partial charge in [-0.15, -0.1) is 0 Å². The lowest BCUT2D eigenvalue weighted by Crippen LogP contribution is -2.33. The summed E-state index contributed by atoms with van der Waals surface area (Å²) in [5.41, 5.74) is 1.13. The van der Waals surface area contributed by atoms with Crippen molar-refractivity contribution in [2.24, 2.45) is 0 Å². The van der Waals surface area contributed by atoms with Crippen LogP contribution in [0.3, 0.4) is 0 Å². The Bertz CT molecular complexity index is 1430. The minimum atomic E-state index is -1.01. The molecule has 1 N–H and O–H groups in total. The summed E-state index contributed by atoms with van der Waals surface area (Å²) in [6.07, 6.45) is -1.01. The van der Waals surface area contributed by atoms with Gasteiger partial charge in [0.25, 0.3) is 11.6 Å². The average molecular weight is 442 g/mol. The Morgan fingerprint density at radius 1 is 0.970 bits per heavy atom. The minimum absolute atomic E-state index is 0.0812. The molecule has 0 aliphatic carbocycles. The summed E-state index contributed by atoms with van der Waals surface area (Å²) in [7, 11) is 0. The van der Waals surface area contributed by atoms with Crippen LogP contribution in [0.5, 0.6) is 0 Å². The highest BCUT2D eigenvalue weighted by Gasteiger charge is 2.43. The molecular weight excluding hydrogens is 424 g/mol. The van der Waals surface area contributed by atoms with Crippen LogP contribution in [0.4, 0.5) is 5.69 Å². The normalized spacial score (nSPS) is 16.1. The number of carbonyl (C=O) groups excluding carboxylic acids is 1. The van der Waals surface area contributed by atoms with Crippen molar-refractivity contribution in [3.05, 3.63) is 122 Å². The summed E-state index contributed by atoms with van der Waals surface area (Å²) >= 11 is 0. The monoisotopic (exact) mass is 442 g/mol. The third-order valence-electron chi connectivity index (χ3n) is 5.85. The van der Waals surface area contributed by atoms with E-state index in [1.54, 1.807) is 48.5 Å². The molecule has 33 heavy (non-hydrogen) atoms. The van der Waals surface area contributed by atoms with Crippen LogP contribution in [0.2, 0.25) is 0 Å². The zero-order valence-electron chi connectivity index (χ0n) is 17.3. The maximum Gasteiger partial charge on any atom is 0.291 e. The zero-order chi connectivity index (χ0) is 23.1. The second-order valence-corrected chi connectivity index (χ2v) is 7.81. The van der Waals surface area contributed by atoms with E-state index in [1.807, 2.05) is 6.07 Å². The van der Waals surface area contributed by atoms with Crippen molar-refractivity contribution in [1.82, 2.24) is 4.90 Å². The van der Waals surface area contributed by atoms with E-state index in [1.165, 1.54) is 29.2 Å². The molecule has 0 fully saturated rings. The lowest BCUT2D eigenvalue weighted by molar-refractivity contribution is -0.384. The molecule has 0 saturated carbocycles. The van der Waals surface area contributed by atoms with Gasteiger partial charge in [0.2, 0.25) is 5.76 Å². The Hall–Kier alpha value is -4.30. The second kappa shape index (κ2) is 7.99. The van der Waals surface area contributed by atoms with E-state index in [-0.39, 0.29) is 29.0 Å². The van der Waals surface area contributed by atoms with Gasteiger partial charge in [-0.3, -0.25) is 19.7 Å². The van der Waals surface area contributed by atoms with Crippen molar-refractivity contribution in [2.45, 2.75) is 12.1 Å². The number of aliphatic hydroxyl groups is 1. The molecule has 164 valence electrons. The van der Waals surface area contributed by atoms with Gasteiger partial charge in [0, 0.05) is 12.1 Å². The van der Waals surface area contributed by atoms with Gasteiger partial charge in [-0.25, -0.2) is 0 Å². The van der Waals surface area contributed by atoms with Gasteiger partial charge in [-0.1, -0.05) is 42.5 Å². The Balaban J connectivity index is 1.66. The Kier molecular flexibility index (Phi) is 4.99. The lowest BCUT2D eigenvalue weighted by Gasteiger charge is -2.27. The molecule has 8 nitrogen and oxygen atoms in total. The van der Waals surface area contributed by atoms with Crippen LogP contribution in [-0.2, 0) is 0 Å². The first-order valence-electron chi connectivity index (χ1n) is 10.3. The smallest absolute Gasteiger partial charge is 0.291 e. The van der Waals surface area contributed by atoms with Gasteiger partial charge in [-0.2, -0.15) is 0 Å². The largest absolute Gasteiger partial charge is 0.450 e. The summed E-state index contributed by atoms with van der Waals surface area (Å²) in [4.78, 5) is 38.8. The number of hydrogen-bond acceptors (Lipinski definition) is 6. The Morgan fingerprint density at radius 3 is 2.33 bits per heavy atom. The predicted molar refractivity (Wildman–Crippen MR) is 120 cm³/mol. The summed E-state index contributed by atoms with van der Waals surface area (Å²) in [5.74, 6) is -0.603. The number of non-ortho nitro benzene ring substituents is 1. The highest BCUT2D eigenvalue weighted by atomic mass is 16.6. The number of benzene rings is 3. The van der Waals surface area contributed by atoms with Crippen LogP contribution in [-0.4, -0.2) is 27.4 Å². The van der Waals surface area contributed by atoms with E-state index in [2.05, 4.69) is 0 Å². The summed E-state index contributed by atoms with van der Waals surface area (Å²) in [6, 6.07) is 20.4. The number of rotatable bonds is 5. The minimum Gasteiger partial charge on any atom is -0.450 e. The fraction of sp³-hybridized carbons (Fsp3) is 0.120. The maximum atomic E-state index is 13.4. The van der Waals surface area contributed by atoms with Crippen LogP contribution in [0.1, 0.15) is 39.4 Å². The van der Waals surface area contributed by atoms with E-state index in [0.29, 0.717) is 22.1 Å². The van der Waals surface area contributed by atoms with Gasteiger partial charge < -0.3 is 14.4 Å². The van der Waals surface area contributed by atoms with Crippen LogP contribution < -0.4 is 5.43 Å². The number of β-amino-alcohol motifs (C(OH)–C–C–N with tert-alkyl or cyclic N) is 1. The van der Waals surface area contributed by atoms with E-state index in [9.17, 15) is 24.8 Å². The number of nitro benzene ring substituents is 1. The molecule has 1 amide bonds. The van der Waals surface area contributed by atoms with Crippen molar-refractivity contribution < 1.29 is 19.2 Å². The molecule has 2 unspecified atom stereocenters. The van der Waals surface area contributed by atoms with Crippen LogP contribution >= 0.6 is 0 Å². The number of carbonyl (C=O) groups is 1. The number of aliphatic hydroxyl groups excluding tert-OH is 1. The van der Waals surface area contributed by atoms with E-state index >= 15 is 0 Å². The SMILES string of the molecule is O=C1c2oc3ccccc3c(=O)c2C(c2ccc([N+](=O)[O-])cc2)N1CC(O)c1ccccc1. The predicted octanol–water partition coefficient (Wildman–Crippen LogP) is 3.98. The van der Waals surface area contributed by atoms with Crippen molar-refractivity contribution in [2.75, 3.05) is 6.54 Å². The number of amides is 1. The molecule has 1 aliphatic rings. The lowest BCUT2D eigenvalue weighted by atomic mass is 9.98. The first-order valence-corrected chi connectivity index (χ1v) is 10.3. The molecule has 0 saturated heterocycles. The highest BCUT2D eigenvalue weighted by molar-refractivity contribution is 5.99. The molecule has 0 spiro atoms. The summed E-state index contributed by atoms with van der Waals surface area (Å²) in [5, 5.41) is 22.3. The van der Waals surface area contributed by atoms with Gasteiger partial charge >= 0.3 is 0 Å². The maximum absolute atomic E-state index is 13.4. The number of para-hydroxylation sites is 1. The van der Waals surface area contributed by atoms with Crippen LogP contribution in [0.15, 0.2) is 88.1 Å². The van der Waals surface area contributed by atoms with E-state index < -0.39 is 23.0 Å². The van der Waals surface area contributed by atoms with E-state index in [4.69, 9.17) is 4.42 Å². The average Bonchev–Trinajstić information content (AvgIpc) is 3.11. The van der Waals surface area contributed by atoms with Crippen LogP contribution in [0, 0.1) is 10.1 Å². The molecule has 1 aliphatic heterocycles. The third kappa shape index (κ3) is 3.46. The Labute approximate surface area is 187 Å². The number of nitrogens with zero attached hydrogens (tertiary/aromatic N) is 2. The molecule has 8 heteroatoms. The summed E-state index contributed by atoms with van der Waals surface area (Å²) < 4.78 is 5.85. The molecular formula is C25H18N2O6. The molecule has 2 heterocycles. The molecule has 4 aromatic rings. The molecule has 2 atom stereocenters. The van der Waals surface area contributed by atoms with Crippen molar-refractivity contribution in [1.29, 1.82) is 0 Å². The highest BCUT2D eigenvalue weighted by Crippen LogP contribution is 2.39. The van der Waals surface area contributed by atoms with Crippen LogP contribution in [0.25, 0.3) is 11.0 Å². The molecule has 1 aromatic heterocycles. The molecule has 0 radical (unpaired) electrons. The molecule has 3 aromatic carbocycles. The molecule has 0 bridgehead atoms. The zero-order valence-corrected chi connectivity index (χ0v) is 17.3. The fourth-order valence-electron chi connectivity index (χ4n) is 4.25. The number of nitro groups is 1. The van der Waals surface area contributed by atoms with Gasteiger partial charge in [0.1, 0.15) is 5.58 Å². The van der Waals surface area contributed by atoms with Gasteiger partial charge in [0.15, 0.2) is 5.43 Å². The first kappa shape index (κ1) is 20.6. The topological polar surface area (TPSA) is 114 Å². The quantitative estimate of drug-likeness (QED) is 0.369. The van der Waals surface area contributed by atoms with Crippen molar-refractivity contribution in [3.63, 3.8) is 0 Å². The second-order valence-electron chi connectivity index (χ2n) is 7.81. The Morgan fingerprint density at radius 2 is 1.64 bits per heavy atom. The third-order valence-corrected chi connectivity index (χ3v) is 5.85. The van der Waals surface area contributed by atoms with Gasteiger partial charge in [0.05, 0.1) is 34.6 Å². The fourth-order valence-corrected chi connectivity index (χ4v) is 4.25. The number of fused-ring (bicyclic) bond motifs is 2. The van der Waals surface area contributed by atoms with Crippen molar-refractivity contribution in [3.8, 4) is 0 Å².